The number of hydrogen-bond donors (Lipinski definition) is 2. The van der Waals surface area contributed by atoms with Gasteiger partial charge in [-0.3, -0.25) is 0 Å². The SMILES string of the molecule is COc1cc(Cl)ccc1NC(=O)Nc1ccccc1C. The van der Waals surface area contributed by atoms with Crippen molar-refractivity contribution >= 4 is 29.0 Å². The molecule has 0 saturated heterocycles. The lowest BCUT2D eigenvalue weighted by Crippen LogP contribution is -2.20. The molecule has 0 aliphatic heterocycles. The van der Waals surface area contributed by atoms with Crippen molar-refractivity contribution < 1.29 is 9.53 Å². The molecule has 4 nitrogen and oxygen atoms in total. The predicted molar refractivity (Wildman–Crippen MR) is 81.8 cm³/mol. The van der Waals surface area contributed by atoms with E-state index in [9.17, 15) is 4.79 Å². The lowest BCUT2D eigenvalue weighted by molar-refractivity contribution is 0.262. The van der Waals surface area contributed by atoms with Crippen molar-refractivity contribution in [3.8, 4) is 5.75 Å². The second-order valence-electron chi connectivity index (χ2n) is 4.24. The van der Waals surface area contributed by atoms with Gasteiger partial charge in [0.15, 0.2) is 0 Å². The summed E-state index contributed by atoms with van der Waals surface area (Å²) in [5.74, 6) is 0.512. The molecule has 0 aromatic heterocycles. The summed E-state index contributed by atoms with van der Waals surface area (Å²) in [7, 11) is 1.52. The van der Waals surface area contributed by atoms with E-state index in [0.717, 1.165) is 11.3 Å². The number of nitrogens with one attached hydrogen (secondary N) is 2. The van der Waals surface area contributed by atoms with E-state index in [1.807, 2.05) is 31.2 Å². The van der Waals surface area contributed by atoms with Crippen LogP contribution < -0.4 is 15.4 Å². The number of carbonyl (C=O) groups excluding carboxylic acids is 1. The van der Waals surface area contributed by atoms with E-state index >= 15 is 0 Å². The van der Waals surface area contributed by atoms with Gasteiger partial charge in [-0.2, -0.15) is 0 Å². The van der Waals surface area contributed by atoms with E-state index in [1.165, 1.54) is 7.11 Å². The molecule has 2 amide bonds. The number of benzene rings is 2. The summed E-state index contributed by atoms with van der Waals surface area (Å²) in [6.45, 7) is 1.93. The number of aryl methyl sites for hydroxylation is 1. The third kappa shape index (κ3) is 3.42. The smallest absolute Gasteiger partial charge is 0.323 e. The number of para-hydroxylation sites is 1. The number of halogens is 1. The topological polar surface area (TPSA) is 50.4 Å². The molecule has 0 saturated carbocycles. The molecule has 0 aliphatic rings. The van der Waals surface area contributed by atoms with Gasteiger partial charge >= 0.3 is 6.03 Å². The highest BCUT2D eigenvalue weighted by Gasteiger charge is 2.09. The molecule has 2 aromatic rings. The fourth-order valence-electron chi connectivity index (χ4n) is 1.76. The van der Waals surface area contributed by atoms with Crippen LogP contribution in [0.2, 0.25) is 5.02 Å². The highest BCUT2D eigenvalue weighted by molar-refractivity contribution is 6.30. The fourth-order valence-corrected chi connectivity index (χ4v) is 1.92. The first kappa shape index (κ1) is 14.2. The molecule has 0 bridgehead atoms. The summed E-state index contributed by atoms with van der Waals surface area (Å²) >= 11 is 5.87. The fraction of sp³-hybridized carbons (Fsp3) is 0.133. The van der Waals surface area contributed by atoms with Crippen LogP contribution in [0.15, 0.2) is 42.5 Å². The first-order valence-corrected chi connectivity index (χ1v) is 6.45. The second kappa shape index (κ2) is 6.30. The maximum absolute atomic E-state index is 12.0. The van der Waals surface area contributed by atoms with Gasteiger partial charge in [0.25, 0.3) is 0 Å². The molecule has 2 N–H and O–H groups in total. The number of carbonyl (C=O) groups is 1. The summed E-state index contributed by atoms with van der Waals surface area (Å²) in [4.78, 5) is 12.0. The average Bonchev–Trinajstić information content (AvgIpc) is 2.43. The third-order valence-corrected chi connectivity index (χ3v) is 3.04. The second-order valence-corrected chi connectivity index (χ2v) is 4.68. The zero-order chi connectivity index (χ0) is 14.5. The number of urea groups is 1. The minimum Gasteiger partial charge on any atom is -0.495 e. The molecule has 2 aromatic carbocycles. The Hall–Kier alpha value is -2.20. The molecule has 104 valence electrons. The lowest BCUT2D eigenvalue weighted by Gasteiger charge is -2.12. The monoisotopic (exact) mass is 290 g/mol. The standard InChI is InChI=1S/C15H15ClN2O2/c1-10-5-3-4-6-12(10)17-15(19)18-13-8-7-11(16)9-14(13)20-2/h3-9H,1-2H3,(H2,17,18,19). The van der Waals surface area contributed by atoms with Gasteiger partial charge in [-0.15, -0.1) is 0 Å². The molecule has 0 aliphatic carbocycles. The van der Waals surface area contributed by atoms with Gasteiger partial charge in [0, 0.05) is 16.8 Å². The highest BCUT2D eigenvalue weighted by Crippen LogP contribution is 2.27. The Labute approximate surface area is 122 Å². The van der Waals surface area contributed by atoms with E-state index in [4.69, 9.17) is 16.3 Å². The maximum Gasteiger partial charge on any atom is 0.323 e. The number of hydrogen-bond acceptors (Lipinski definition) is 2. The average molecular weight is 291 g/mol. The zero-order valence-electron chi connectivity index (χ0n) is 11.2. The Morgan fingerprint density at radius 3 is 2.50 bits per heavy atom. The van der Waals surface area contributed by atoms with Crippen LogP contribution >= 0.6 is 11.6 Å². The predicted octanol–water partition coefficient (Wildman–Crippen LogP) is 4.30. The largest absolute Gasteiger partial charge is 0.495 e. The van der Waals surface area contributed by atoms with Gasteiger partial charge in [-0.05, 0) is 30.7 Å². The first-order chi connectivity index (χ1) is 9.60. The van der Waals surface area contributed by atoms with Crippen LogP contribution in [0.4, 0.5) is 16.2 Å². The van der Waals surface area contributed by atoms with Crippen molar-refractivity contribution in [2.24, 2.45) is 0 Å². The van der Waals surface area contributed by atoms with Crippen LogP contribution in [-0.2, 0) is 0 Å². The maximum atomic E-state index is 12.0. The van der Waals surface area contributed by atoms with Crippen LogP contribution in [-0.4, -0.2) is 13.1 Å². The highest BCUT2D eigenvalue weighted by atomic mass is 35.5. The van der Waals surface area contributed by atoms with E-state index in [-0.39, 0.29) is 6.03 Å². The molecule has 0 unspecified atom stereocenters. The Kier molecular flexibility index (Phi) is 4.48. The lowest BCUT2D eigenvalue weighted by atomic mass is 10.2. The minimum atomic E-state index is -0.333. The van der Waals surface area contributed by atoms with Crippen LogP contribution in [0.5, 0.6) is 5.75 Å². The molecule has 0 atom stereocenters. The number of methoxy groups -OCH3 is 1. The normalized spacial score (nSPS) is 9.95. The zero-order valence-corrected chi connectivity index (χ0v) is 12.0. The summed E-state index contributed by atoms with van der Waals surface area (Å²) < 4.78 is 5.17. The van der Waals surface area contributed by atoms with Crippen LogP contribution in [0, 0.1) is 6.92 Å². The van der Waals surface area contributed by atoms with Gasteiger partial charge in [-0.1, -0.05) is 29.8 Å². The van der Waals surface area contributed by atoms with Crippen molar-refractivity contribution in [2.45, 2.75) is 6.92 Å². The van der Waals surface area contributed by atoms with Gasteiger partial charge in [0.1, 0.15) is 5.75 Å². The molecule has 20 heavy (non-hydrogen) atoms. The van der Waals surface area contributed by atoms with Crippen molar-refractivity contribution in [1.29, 1.82) is 0 Å². The Bertz CT molecular complexity index is 629. The summed E-state index contributed by atoms with van der Waals surface area (Å²) in [5, 5.41) is 6.06. The van der Waals surface area contributed by atoms with E-state index in [1.54, 1.807) is 18.2 Å². The quantitative estimate of drug-likeness (QED) is 0.885. The van der Waals surface area contributed by atoms with Gasteiger partial charge in [0.05, 0.1) is 12.8 Å². The summed E-state index contributed by atoms with van der Waals surface area (Å²) in [6, 6.07) is 12.2. The van der Waals surface area contributed by atoms with Gasteiger partial charge in [0.2, 0.25) is 0 Å². The molecule has 0 fully saturated rings. The Morgan fingerprint density at radius 2 is 1.80 bits per heavy atom. The van der Waals surface area contributed by atoms with Crippen LogP contribution in [0.25, 0.3) is 0 Å². The first-order valence-electron chi connectivity index (χ1n) is 6.07. The van der Waals surface area contributed by atoms with Gasteiger partial charge < -0.3 is 15.4 Å². The third-order valence-electron chi connectivity index (χ3n) is 2.81. The van der Waals surface area contributed by atoms with Crippen LogP contribution in [0.3, 0.4) is 0 Å². The molecule has 0 spiro atoms. The molecule has 0 heterocycles. The van der Waals surface area contributed by atoms with Crippen molar-refractivity contribution in [3.05, 3.63) is 53.1 Å². The molecule has 5 heteroatoms. The van der Waals surface area contributed by atoms with E-state index < -0.39 is 0 Å². The molecular weight excluding hydrogens is 276 g/mol. The number of ether oxygens (including phenoxy) is 1. The Morgan fingerprint density at radius 1 is 1.10 bits per heavy atom. The molecule has 2 rings (SSSR count). The van der Waals surface area contributed by atoms with Crippen molar-refractivity contribution in [2.75, 3.05) is 17.7 Å². The van der Waals surface area contributed by atoms with Crippen molar-refractivity contribution in [1.82, 2.24) is 0 Å². The number of anilines is 2. The number of amides is 2. The molecular formula is C15H15ClN2O2. The van der Waals surface area contributed by atoms with Crippen molar-refractivity contribution in [3.63, 3.8) is 0 Å². The minimum absolute atomic E-state index is 0.333. The number of rotatable bonds is 3. The van der Waals surface area contributed by atoms with E-state index in [2.05, 4.69) is 10.6 Å². The summed E-state index contributed by atoms with van der Waals surface area (Å²) in [6.07, 6.45) is 0. The van der Waals surface area contributed by atoms with Gasteiger partial charge in [-0.25, -0.2) is 4.79 Å². The summed E-state index contributed by atoms with van der Waals surface area (Å²) in [5.41, 5.74) is 2.31. The van der Waals surface area contributed by atoms with E-state index in [0.29, 0.717) is 16.5 Å². The Balaban J connectivity index is 2.11. The molecule has 0 radical (unpaired) electrons. The van der Waals surface area contributed by atoms with Crippen LogP contribution in [0.1, 0.15) is 5.56 Å².